The molecule has 1 aromatic rings. The number of nitrogens with one attached hydrogen (secondary N) is 1. The molecule has 1 aliphatic heterocycles. The third-order valence-corrected chi connectivity index (χ3v) is 4.57. The molecule has 9 nitrogen and oxygen atoms in total. The van der Waals surface area contributed by atoms with Crippen molar-refractivity contribution in [2.45, 2.75) is 19.1 Å². The molecule has 9 heteroatoms. The topological polar surface area (TPSA) is 120 Å². The van der Waals surface area contributed by atoms with Gasteiger partial charge in [0.25, 0.3) is 0 Å². The molecule has 29 heavy (non-hydrogen) atoms. The molecular formula is C20H23NO8. The van der Waals surface area contributed by atoms with Crippen molar-refractivity contribution < 1.29 is 38.4 Å². The van der Waals surface area contributed by atoms with E-state index in [0.29, 0.717) is 0 Å². The van der Waals surface area contributed by atoms with Crippen LogP contribution in [0.1, 0.15) is 28.8 Å². The summed E-state index contributed by atoms with van der Waals surface area (Å²) in [4.78, 5) is 37.2. The number of allylic oxidation sites excluding steroid dienone is 1. The summed E-state index contributed by atoms with van der Waals surface area (Å²) in [7, 11) is 5.15. The lowest BCUT2D eigenvalue weighted by Gasteiger charge is -2.33. The Hall–Kier alpha value is -3.17. The Balaban J connectivity index is 2.90. The van der Waals surface area contributed by atoms with Crippen LogP contribution in [0, 0.1) is 0 Å². The Labute approximate surface area is 167 Å². The number of carboxylic acids is 1. The maximum Gasteiger partial charge on any atom is 0.338 e. The molecule has 0 fully saturated rings. The minimum atomic E-state index is -1.26. The lowest BCUT2D eigenvalue weighted by atomic mass is 9.78. The first-order valence-corrected chi connectivity index (χ1v) is 8.58. The van der Waals surface area contributed by atoms with Crippen molar-refractivity contribution in [1.29, 1.82) is 0 Å². The fourth-order valence-corrected chi connectivity index (χ4v) is 3.35. The van der Waals surface area contributed by atoms with Gasteiger partial charge in [0.05, 0.1) is 42.5 Å². The molecule has 0 saturated carbocycles. The summed E-state index contributed by atoms with van der Waals surface area (Å²) in [5.74, 6) is -3.84. The van der Waals surface area contributed by atoms with Gasteiger partial charge in [0.2, 0.25) is 0 Å². The summed E-state index contributed by atoms with van der Waals surface area (Å²) in [6, 6.07) is 6.31. The number of hydrogen-bond donors (Lipinski definition) is 2. The van der Waals surface area contributed by atoms with E-state index in [-0.39, 0.29) is 33.7 Å². The van der Waals surface area contributed by atoms with Gasteiger partial charge in [0.15, 0.2) is 6.29 Å². The van der Waals surface area contributed by atoms with E-state index in [1.54, 1.807) is 25.1 Å². The van der Waals surface area contributed by atoms with Crippen molar-refractivity contribution in [2.75, 3.05) is 28.4 Å². The first kappa shape index (κ1) is 22.1. The first-order chi connectivity index (χ1) is 13.8. The van der Waals surface area contributed by atoms with Crippen LogP contribution in [0.3, 0.4) is 0 Å². The maximum absolute atomic E-state index is 12.8. The van der Waals surface area contributed by atoms with E-state index in [9.17, 15) is 19.5 Å². The number of dihydropyridines is 1. The average molecular weight is 405 g/mol. The van der Waals surface area contributed by atoms with Crippen molar-refractivity contribution >= 4 is 17.9 Å². The summed E-state index contributed by atoms with van der Waals surface area (Å²) in [5, 5.41) is 12.8. The number of ether oxygens (including phenoxy) is 4. The van der Waals surface area contributed by atoms with Crippen LogP contribution in [0.25, 0.3) is 0 Å². The van der Waals surface area contributed by atoms with E-state index in [2.05, 4.69) is 5.32 Å². The van der Waals surface area contributed by atoms with Crippen LogP contribution in [0.4, 0.5) is 0 Å². The molecule has 1 heterocycles. The number of aliphatic carboxylic acids is 1. The smallest absolute Gasteiger partial charge is 0.338 e. The third-order valence-electron chi connectivity index (χ3n) is 4.57. The third kappa shape index (κ3) is 4.15. The normalized spacial score (nSPS) is 16.6. The van der Waals surface area contributed by atoms with Crippen LogP contribution in [0.5, 0.6) is 0 Å². The second-order valence-electron chi connectivity index (χ2n) is 6.10. The molecule has 0 aliphatic carbocycles. The lowest BCUT2D eigenvalue weighted by Crippen LogP contribution is -2.38. The second-order valence-corrected chi connectivity index (χ2v) is 6.10. The summed E-state index contributed by atoms with van der Waals surface area (Å²) in [6.07, 6.45) is -0.998. The molecule has 0 aromatic heterocycles. The Bertz CT molecular complexity index is 882. The van der Waals surface area contributed by atoms with Crippen molar-refractivity contribution in [1.82, 2.24) is 5.32 Å². The second kappa shape index (κ2) is 9.35. The van der Waals surface area contributed by atoms with E-state index in [1.807, 2.05) is 0 Å². The van der Waals surface area contributed by atoms with Gasteiger partial charge in [-0.1, -0.05) is 18.2 Å². The van der Waals surface area contributed by atoms with E-state index in [1.165, 1.54) is 34.5 Å². The van der Waals surface area contributed by atoms with Crippen molar-refractivity contribution in [3.8, 4) is 0 Å². The highest BCUT2D eigenvalue weighted by molar-refractivity contribution is 6.01. The van der Waals surface area contributed by atoms with Crippen LogP contribution in [0.2, 0.25) is 0 Å². The van der Waals surface area contributed by atoms with Gasteiger partial charge in [-0.25, -0.2) is 14.4 Å². The summed E-state index contributed by atoms with van der Waals surface area (Å²) < 4.78 is 20.3. The van der Waals surface area contributed by atoms with Gasteiger partial charge in [0.1, 0.15) is 0 Å². The Morgan fingerprint density at radius 1 is 0.966 bits per heavy atom. The Kier molecular flexibility index (Phi) is 7.13. The number of hydrogen-bond acceptors (Lipinski definition) is 8. The zero-order valence-electron chi connectivity index (χ0n) is 16.8. The van der Waals surface area contributed by atoms with Gasteiger partial charge < -0.3 is 29.4 Å². The SMILES string of the molecule is COC(=O)C1=C(C(OC)OC)NC(C)=C(C(=O)O)C1c1ccccc1C(=O)OC. The fraction of sp³-hybridized carbons (Fsp3) is 0.350. The number of carbonyl (C=O) groups excluding carboxylic acids is 2. The maximum atomic E-state index is 12.8. The van der Waals surface area contributed by atoms with Crippen LogP contribution in [-0.2, 0) is 28.5 Å². The van der Waals surface area contributed by atoms with Crippen LogP contribution >= 0.6 is 0 Å². The monoisotopic (exact) mass is 405 g/mol. The predicted molar refractivity (Wildman–Crippen MR) is 101 cm³/mol. The van der Waals surface area contributed by atoms with Crippen LogP contribution < -0.4 is 5.32 Å². The van der Waals surface area contributed by atoms with Gasteiger partial charge in [-0.3, -0.25) is 0 Å². The molecule has 0 saturated heterocycles. The molecule has 1 unspecified atom stereocenters. The fourth-order valence-electron chi connectivity index (χ4n) is 3.35. The molecular weight excluding hydrogens is 382 g/mol. The number of rotatable bonds is 7. The largest absolute Gasteiger partial charge is 0.478 e. The summed E-state index contributed by atoms with van der Waals surface area (Å²) in [6.45, 7) is 1.55. The number of methoxy groups -OCH3 is 4. The van der Waals surface area contributed by atoms with Gasteiger partial charge in [-0.15, -0.1) is 0 Å². The highest BCUT2D eigenvalue weighted by Crippen LogP contribution is 2.41. The standard InChI is InChI=1S/C20H23NO8/c1-10-13(17(22)23)14(11-8-6-7-9-12(11)18(24)26-2)15(19(25)27-3)16(21-10)20(28-4)29-5/h6-9,14,20-21H,1-5H3,(H,22,23). The number of benzene rings is 1. The molecule has 1 atom stereocenters. The number of esters is 2. The van der Waals surface area contributed by atoms with Gasteiger partial charge in [-0.2, -0.15) is 0 Å². The molecule has 0 amide bonds. The molecule has 156 valence electrons. The molecule has 0 bridgehead atoms. The van der Waals surface area contributed by atoms with Crippen molar-refractivity contribution in [2.24, 2.45) is 0 Å². The van der Waals surface area contributed by atoms with Gasteiger partial charge in [0, 0.05) is 19.9 Å². The Morgan fingerprint density at radius 2 is 1.55 bits per heavy atom. The summed E-state index contributed by atoms with van der Waals surface area (Å²) in [5.41, 5.74) is 0.706. The molecule has 1 aliphatic rings. The lowest BCUT2D eigenvalue weighted by molar-refractivity contribution is -0.137. The van der Waals surface area contributed by atoms with Gasteiger partial charge >= 0.3 is 17.9 Å². The van der Waals surface area contributed by atoms with Crippen molar-refractivity contribution in [3.05, 3.63) is 57.9 Å². The van der Waals surface area contributed by atoms with E-state index in [0.717, 1.165) is 0 Å². The summed E-state index contributed by atoms with van der Waals surface area (Å²) >= 11 is 0. The predicted octanol–water partition coefficient (Wildman–Crippen LogP) is 1.56. The van der Waals surface area contributed by atoms with E-state index < -0.39 is 30.1 Å². The van der Waals surface area contributed by atoms with Crippen molar-refractivity contribution in [3.63, 3.8) is 0 Å². The van der Waals surface area contributed by atoms with Crippen LogP contribution in [0.15, 0.2) is 46.8 Å². The highest BCUT2D eigenvalue weighted by atomic mass is 16.7. The molecule has 0 radical (unpaired) electrons. The average Bonchev–Trinajstić information content (AvgIpc) is 2.72. The molecule has 0 spiro atoms. The van der Waals surface area contributed by atoms with E-state index in [4.69, 9.17) is 18.9 Å². The first-order valence-electron chi connectivity index (χ1n) is 8.58. The highest BCUT2D eigenvalue weighted by Gasteiger charge is 2.41. The van der Waals surface area contributed by atoms with Gasteiger partial charge in [-0.05, 0) is 18.6 Å². The zero-order valence-corrected chi connectivity index (χ0v) is 16.8. The number of carboxylic acid groups (broad SMARTS) is 1. The zero-order chi connectivity index (χ0) is 21.7. The molecule has 2 rings (SSSR count). The Morgan fingerprint density at radius 3 is 2.07 bits per heavy atom. The van der Waals surface area contributed by atoms with E-state index >= 15 is 0 Å². The van der Waals surface area contributed by atoms with Crippen LogP contribution in [-0.4, -0.2) is 57.7 Å². The molecule has 1 aromatic carbocycles. The number of carbonyl (C=O) groups is 3. The molecule has 2 N–H and O–H groups in total. The quantitative estimate of drug-likeness (QED) is 0.514. The minimum absolute atomic E-state index is 0.0412. The minimum Gasteiger partial charge on any atom is -0.478 e.